The third-order valence-corrected chi connectivity index (χ3v) is 6.49. The van der Waals surface area contributed by atoms with E-state index in [2.05, 4.69) is 15.5 Å². The number of aromatic nitrogens is 2. The van der Waals surface area contributed by atoms with Crippen molar-refractivity contribution in [2.24, 2.45) is 5.73 Å². The monoisotopic (exact) mass is 468 g/mol. The van der Waals surface area contributed by atoms with Crippen LogP contribution in [0.15, 0.2) is 57.3 Å². The molecule has 4 aromatic rings. The molecule has 10 heteroatoms. The SMILES string of the molecule is Cc1nnc(SCc2c(C(=O)Nc3ccccc3OCCC(N)=O)oc3ccccc23)s1. The van der Waals surface area contributed by atoms with Crippen LogP contribution >= 0.6 is 23.1 Å². The molecule has 2 aromatic heterocycles. The third-order valence-electron chi connectivity index (χ3n) is 4.49. The average molecular weight is 469 g/mol. The Labute approximate surface area is 192 Å². The Bertz CT molecular complexity index is 1270. The van der Waals surface area contributed by atoms with Crippen molar-refractivity contribution in [1.82, 2.24) is 10.2 Å². The van der Waals surface area contributed by atoms with Gasteiger partial charge >= 0.3 is 0 Å². The van der Waals surface area contributed by atoms with Crippen molar-refractivity contribution in [2.45, 2.75) is 23.4 Å². The summed E-state index contributed by atoms with van der Waals surface area (Å²) < 4.78 is 12.4. The lowest BCUT2D eigenvalue weighted by molar-refractivity contribution is -0.118. The van der Waals surface area contributed by atoms with E-state index >= 15 is 0 Å². The molecule has 3 N–H and O–H groups in total. The first-order chi connectivity index (χ1) is 15.5. The second-order valence-corrected chi connectivity index (χ2v) is 9.20. The molecule has 0 unspecified atom stereocenters. The molecule has 0 aliphatic heterocycles. The number of para-hydroxylation sites is 3. The number of anilines is 1. The average Bonchev–Trinajstić information content (AvgIpc) is 3.36. The summed E-state index contributed by atoms with van der Waals surface area (Å²) in [7, 11) is 0. The molecular formula is C22H20N4O4S2. The smallest absolute Gasteiger partial charge is 0.291 e. The molecule has 2 aromatic carbocycles. The number of fused-ring (bicyclic) bond motifs is 1. The highest BCUT2D eigenvalue weighted by Crippen LogP contribution is 2.34. The van der Waals surface area contributed by atoms with Crippen LogP contribution in [0, 0.1) is 6.92 Å². The maximum absolute atomic E-state index is 13.2. The van der Waals surface area contributed by atoms with Crippen molar-refractivity contribution >= 4 is 51.6 Å². The maximum Gasteiger partial charge on any atom is 0.291 e. The van der Waals surface area contributed by atoms with Gasteiger partial charge in [-0.1, -0.05) is 53.4 Å². The number of amides is 2. The summed E-state index contributed by atoms with van der Waals surface area (Å²) in [4.78, 5) is 24.2. The van der Waals surface area contributed by atoms with Crippen LogP contribution in [0.25, 0.3) is 11.0 Å². The van der Waals surface area contributed by atoms with Crippen LogP contribution in [0.5, 0.6) is 5.75 Å². The number of nitrogens with two attached hydrogens (primary N) is 1. The Hall–Kier alpha value is -3.37. The van der Waals surface area contributed by atoms with E-state index in [1.807, 2.05) is 31.2 Å². The second-order valence-electron chi connectivity index (χ2n) is 6.80. The van der Waals surface area contributed by atoms with Crippen LogP contribution in [0.3, 0.4) is 0 Å². The van der Waals surface area contributed by atoms with Crippen LogP contribution in [-0.2, 0) is 10.5 Å². The Morgan fingerprint density at radius 2 is 1.94 bits per heavy atom. The molecule has 4 rings (SSSR count). The van der Waals surface area contributed by atoms with Gasteiger partial charge in [0.15, 0.2) is 10.1 Å². The lowest BCUT2D eigenvalue weighted by Crippen LogP contribution is -2.16. The second kappa shape index (κ2) is 9.84. The number of hydrogen-bond donors (Lipinski definition) is 2. The van der Waals surface area contributed by atoms with Gasteiger partial charge in [0.2, 0.25) is 5.91 Å². The largest absolute Gasteiger partial charge is 0.491 e. The van der Waals surface area contributed by atoms with E-state index in [9.17, 15) is 9.59 Å². The minimum Gasteiger partial charge on any atom is -0.491 e. The highest BCUT2D eigenvalue weighted by molar-refractivity contribution is 8.00. The van der Waals surface area contributed by atoms with Gasteiger partial charge in [-0.05, 0) is 25.1 Å². The van der Waals surface area contributed by atoms with Crippen molar-refractivity contribution in [3.8, 4) is 5.75 Å². The van der Waals surface area contributed by atoms with E-state index in [0.717, 1.165) is 20.3 Å². The van der Waals surface area contributed by atoms with Crippen molar-refractivity contribution in [2.75, 3.05) is 11.9 Å². The molecule has 0 spiro atoms. The van der Waals surface area contributed by atoms with E-state index in [0.29, 0.717) is 22.8 Å². The van der Waals surface area contributed by atoms with E-state index in [-0.39, 0.29) is 18.8 Å². The molecule has 0 aliphatic rings. The Morgan fingerprint density at radius 1 is 1.16 bits per heavy atom. The summed E-state index contributed by atoms with van der Waals surface area (Å²) in [6.45, 7) is 2.02. The molecular weight excluding hydrogens is 448 g/mol. The number of rotatable bonds is 9. The molecule has 0 saturated heterocycles. The number of carbonyl (C=O) groups excluding carboxylic acids is 2. The van der Waals surface area contributed by atoms with Crippen molar-refractivity contribution < 1.29 is 18.7 Å². The third kappa shape index (κ3) is 5.09. The minimum atomic E-state index is -0.457. The summed E-state index contributed by atoms with van der Waals surface area (Å²) in [5.41, 5.74) is 7.05. The maximum atomic E-state index is 13.2. The number of ether oxygens (including phenoxy) is 1. The van der Waals surface area contributed by atoms with E-state index in [1.165, 1.54) is 23.1 Å². The predicted molar refractivity (Wildman–Crippen MR) is 124 cm³/mol. The molecule has 0 saturated carbocycles. The number of carbonyl (C=O) groups is 2. The normalized spacial score (nSPS) is 10.9. The molecule has 0 aliphatic carbocycles. The molecule has 0 bridgehead atoms. The number of nitrogens with zero attached hydrogens (tertiary/aromatic N) is 2. The van der Waals surface area contributed by atoms with Gasteiger partial charge in [0.25, 0.3) is 5.91 Å². The predicted octanol–water partition coefficient (Wildman–Crippen LogP) is 4.39. The zero-order valence-corrected chi connectivity index (χ0v) is 18.8. The van der Waals surface area contributed by atoms with Crippen LogP contribution in [0.2, 0.25) is 0 Å². The summed E-state index contributed by atoms with van der Waals surface area (Å²) in [5, 5.41) is 12.8. The topological polar surface area (TPSA) is 120 Å². The zero-order chi connectivity index (χ0) is 22.5. The number of benzene rings is 2. The molecule has 0 fully saturated rings. The zero-order valence-electron chi connectivity index (χ0n) is 17.2. The van der Waals surface area contributed by atoms with Gasteiger partial charge in [-0.25, -0.2) is 0 Å². The van der Waals surface area contributed by atoms with Crippen LogP contribution in [-0.4, -0.2) is 28.6 Å². The molecule has 0 atom stereocenters. The highest BCUT2D eigenvalue weighted by atomic mass is 32.2. The number of primary amides is 1. The number of nitrogens with one attached hydrogen (secondary N) is 1. The van der Waals surface area contributed by atoms with E-state index in [4.69, 9.17) is 14.9 Å². The standard InChI is InChI=1S/C22H20N4O4S2/c1-13-25-26-22(32-13)31-12-15-14-6-2-4-8-17(14)30-20(15)21(28)24-16-7-3-5-9-18(16)29-11-10-19(23)27/h2-9H,10-12H2,1H3,(H2,23,27)(H,24,28). The summed E-state index contributed by atoms with van der Waals surface area (Å²) in [6, 6.07) is 14.5. The fraction of sp³-hybridized carbons (Fsp3) is 0.182. The van der Waals surface area contributed by atoms with E-state index < -0.39 is 11.8 Å². The van der Waals surface area contributed by atoms with Crippen LogP contribution < -0.4 is 15.8 Å². The Balaban J connectivity index is 1.58. The quantitative estimate of drug-likeness (QED) is 0.349. The number of hydrogen-bond acceptors (Lipinski definition) is 8. The number of thioether (sulfide) groups is 1. The molecule has 8 nitrogen and oxygen atoms in total. The fourth-order valence-electron chi connectivity index (χ4n) is 3.03. The molecule has 32 heavy (non-hydrogen) atoms. The first kappa shape index (κ1) is 21.8. The van der Waals surface area contributed by atoms with Crippen molar-refractivity contribution in [1.29, 1.82) is 0 Å². The first-order valence-electron chi connectivity index (χ1n) is 9.76. The van der Waals surface area contributed by atoms with Gasteiger partial charge in [0.1, 0.15) is 16.3 Å². The van der Waals surface area contributed by atoms with Crippen molar-refractivity contribution in [3.63, 3.8) is 0 Å². The summed E-state index contributed by atoms with van der Waals surface area (Å²) in [6.07, 6.45) is 0.0817. The first-order valence-corrected chi connectivity index (χ1v) is 11.6. The summed E-state index contributed by atoms with van der Waals surface area (Å²) in [5.74, 6) is 0.327. The Morgan fingerprint density at radius 3 is 2.72 bits per heavy atom. The van der Waals surface area contributed by atoms with Crippen LogP contribution in [0.4, 0.5) is 5.69 Å². The van der Waals surface area contributed by atoms with Gasteiger partial charge in [0, 0.05) is 16.7 Å². The van der Waals surface area contributed by atoms with Gasteiger partial charge in [-0.2, -0.15) is 0 Å². The molecule has 0 radical (unpaired) electrons. The van der Waals surface area contributed by atoms with E-state index in [1.54, 1.807) is 24.3 Å². The summed E-state index contributed by atoms with van der Waals surface area (Å²) >= 11 is 3.01. The van der Waals surface area contributed by atoms with Crippen LogP contribution in [0.1, 0.15) is 27.5 Å². The Kier molecular flexibility index (Phi) is 6.72. The minimum absolute atomic E-state index is 0.0817. The molecule has 2 amide bonds. The van der Waals surface area contributed by atoms with Gasteiger partial charge in [0.05, 0.1) is 18.7 Å². The number of furan rings is 1. The van der Waals surface area contributed by atoms with Crippen molar-refractivity contribution in [3.05, 3.63) is 64.9 Å². The lowest BCUT2D eigenvalue weighted by atomic mass is 10.1. The highest BCUT2D eigenvalue weighted by Gasteiger charge is 2.22. The lowest BCUT2D eigenvalue weighted by Gasteiger charge is -2.11. The molecule has 2 heterocycles. The molecule has 164 valence electrons. The van der Waals surface area contributed by atoms with Gasteiger partial charge in [-0.15, -0.1) is 10.2 Å². The van der Waals surface area contributed by atoms with Gasteiger partial charge < -0.3 is 20.2 Å². The van der Waals surface area contributed by atoms with Gasteiger partial charge in [-0.3, -0.25) is 9.59 Å². The fourth-order valence-corrected chi connectivity index (χ4v) is 4.88. The number of aryl methyl sites for hydroxylation is 1.